The van der Waals surface area contributed by atoms with Gasteiger partial charge >= 0.3 is 13.8 Å². The summed E-state index contributed by atoms with van der Waals surface area (Å²) in [5.41, 5.74) is 4.69. The summed E-state index contributed by atoms with van der Waals surface area (Å²) in [6, 6.07) is 9.74. The SMILES string of the molecule is CCCCCCCCCCCCCCCCCCOC[C@H](COP(=O)(O)OC[C@H]1O[C@@](C#N)(c2ccc3c(N)ccnn23)[C@H](O)[C@@H]1O)OCc1cc(F)cc(C(=O)O)c1. The summed E-state index contributed by atoms with van der Waals surface area (Å²) < 4.78 is 56.3. The summed E-state index contributed by atoms with van der Waals surface area (Å²) in [4.78, 5) is 22.0. The number of unbranched alkanes of at least 4 members (excludes halogenated alkanes) is 15. The Morgan fingerprint density at radius 2 is 1.59 bits per heavy atom. The Balaban J connectivity index is 1.22. The summed E-state index contributed by atoms with van der Waals surface area (Å²) >= 11 is 0. The Bertz CT molecular complexity index is 1830. The highest BCUT2D eigenvalue weighted by molar-refractivity contribution is 7.47. The number of aliphatic hydroxyl groups excluding tert-OH is 2. The van der Waals surface area contributed by atoms with Crippen LogP contribution < -0.4 is 5.73 Å². The number of ether oxygens (including phenoxy) is 3. The quantitative estimate of drug-likeness (QED) is 0.0322. The van der Waals surface area contributed by atoms with Gasteiger partial charge in [-0.05, 0) is 48.4 Å². The van der Waals surface area contributed by atoms with Gasteiger partial charge in [0.15, 0.2) is 0 Å². The minimum Gasteiger partial charge on any atom is -0.478 e. The van der Waals surface area contributed by atoms with Crippen LogP contribution in [0.3, 0.4) is 0 Å². The van der Waals surface area contributed by atoms with Crippen molar-refractivity contribution in [2.24, 2.45) is 0 Å². The number of phosphoric ester groups is 1. The monoisotopic (exact) mass is 848 g/mol. The zero-order valence-corrected chi connectivity index (χ0v) is 35.0. The Hall–Kier alpha value is -3.49. The van der Waals surface area contributed by atoms with E-state index in [2.05, 4.69) is 12.0 Å². The number of fused-ring (bicyclic) bond motifs is 1. The van der Waals surface area contributed by atoms with Crippen molar-refractivity contribution in [3.8, 4) is 6.07 Å². The fourth-order valence-electron chi connectivity index (χ4n) is 7.20. The van der Waals surface area contributed by atoms with Crippen LogP contribution in [-0.2, 0) is 40.0 Å². The third-order valence-corrected chi connectivity index (χ3v) is 11.5. The number of nitriles is 1. The van der Waals surface area contributed by atoms with Crippen LogP contribution in [0.15, 0.2) is 42.6 Å². The molecule has 6 N–H and O–H groups in total. The van der Waals surface area contributed by atoms with Gasteiger partial charge in [-0.2, -0.15) is 10.4 Å². The molecule has 1 fully saturated rings. The molecule has 1 aliphatic rings. The van der Waals surface area contributed by atoms with Gasteiger partial charge in [0.25, 0.3) is 0 Å². The van der Waals surface area contributed by atoms with Crippen molar-refractivity contribution in [3.05, 3.63) is 65.2 Å². The number of aromatic nitrogens is 2. The molecule has 0 saturated carbocycles. The van der Waals surface area contributed by atoms with Crippen molar-refractivity contribution in [3.63, 3.8) is 0 Å². The van der Waals surface area contributed by atoms with Gasteiger partial charge in [-0.15, -0.1) is 0 Å². The molecule has 0 radical (unpaired) electrons. The second kappa shape index (κ2) is 24.7. The standard InChI is InChI=1S/C42H62FN4O11P/c1-2-3-4-5-6-7-8-9-10-11-12-13-14-15-16-17-22-54-27-34(55-26-31-23-32(41(50)51)25-33(43)24-31)28-56-59(52,53)57-29-37-39(48)40(49)42(30-44,58-37)38-19-18-36-35(45)20-21-46-47(36)38/h18-21,23-25,34,37,39-40,48-49H,2-17,22,26-29,45H2,1H3,(H,50,51)(H,52,53)/t34-,37-,39-,40-,42+/m1/s1. The van der Waals surface area contributed by atoms with Crippen LogP contribution in [0.5, 0.6) is 0 Å². The van der Waals surface area contributed by atoms with Gasteiger partial charge in [-0.1, -0.05) is 103 Å². The van der Waals surface area contributed by atoms with Gasteiger partial charge in [-0.3, -0.25) is 9.05 Å². The van der Waals surface area contributed by atoms with E-state index in [0.717, 1.165) is 37.8 Å². The molecule has 2 aromatic heterocycles. The van der Waals surface area contributed by atoms with Crippen LogP contribution in [0.1, 0.15) is 131 Å². The number of nitrogens with zero attached hydrogens (tertiary/aromatic N) is 3. The topological polar surface area (TPSA) is 228 Å². The van der Waals surface area contributed by atoms with Gasteiger partial charge in [0.1, 0.15) is 36.3 Å². The van der Waals surface area contributed by atoms with Crippen LogP contribution >= 0.6 is 7.82 Å². The van der Waals surface area contributed by atoms with E-state index in [0.29, 0.717) is 17.8 Å². The lowest BCUT2D eigenvalue weighted by Crippen LogP contribution is -2.41. The Morgan fingerprint density at radius 3 is 2.20 bits per heavy atom. The fraction of sp³-hybridized carbons (Fsp3) is 0.643. The predicted octanol–water partition coefficient (Wildman–Crippen LogP) is 7.59. The van der Waals surface area contributed by atoms with Crippen LogP contribution in [0, 0.1) is 17.1 Å². The number of benzene rings is 1. The molecule has 328 valence electrons. The van der Waals surface area contributed by atoms with Gasteiger partial charge in [0.05, 0.1) is 48.9 Å². The molecule has 1 aromatic carbocycles. The Morgan fingerprint density at radius 1 is 0.966 bits per heavy atom. The van der Waals surface area contributed by atoms with Gasteiger partial charge in [-0.25, -0.2) is 18.3 Å². The number of anilines is 1. The number of hydrogen-bond acceptors (Lipinski definition) is 12. The molecule has 0 aliphatic carbocycles. The average molecular weight is 849 g/mol. The lowest BCUT2D eigenvalue weighted by atomic mass is 9.92. The largest absolute Gasteiger partial charge is 0.478 e. The van der Waals surface area contributed by atoms with Crippen molar-refractivity contribution in [2.75, 3.05) is 32.2 Å². The molecule has 17 heteroatoms. The highest BCUT2D eigenvalue weighted by atomic mass is 31.2. The summed E-state index contributed by atoms with van der Waals surface area (Å²) in [7, 11) is -4.87. The van der Waals surface area contributed by atoms with E-state index in [-0.39, 0.29) is 30.0 Å². The number of phosphoric acid groups is 1. The Labute approximate surface area is 346 Å². The molecule has 0 spiro atoms. The fourth-order valence-corrected chi connectivity index (χ4v) is 7.96. The van der Waals surface area contributed by atoms with E-state index in [1.165, 1.54) is 99.9 Å². The summed E-state index contributed by atoms with van der Waals surface area (Å²) in [6.45, 7) is 1.05. The van der Waals surface area contributed by atoms with Gasteiger partial charge in [0.2, 0.25) is 5.60 Å². The summed E-state index contributed by atoms with van der Waals surface area (Å²) in [6.07, 6.45) is 15.3. The maximum atomic E-state index is 14.1. The first kappa shape index (κ1) is 48.2. The molecule has 4 rings (SSSR count). The molecule has 59 heavy (non-hydrogen) atoms. The number of aromatic carboxylic acids is 1. The predicted molar refractivity (Wildman–Crippen MR) is 218 cm³/mol. The molecular weight excluding hydrogens is 786 g/mol. The van der Waals surface area contributed by atoms with Gasteiger partial charge in [0, 0.05) is 12.8 Å². The third kappa shape index (κ3) is 14.9. The van der Waals surface area contributed by atoms with E-state index in [1.54, 1.807) is 12.1 Å². The lowest BCUT2D eigenvalue weighted by molar-refractivity contribution is -0.0690. The first-order chi connectivity index (χ1) is 28.4. The molecule has 1 aliphatic heterocycles. The highest BCUT2D eigenvalue weighted by Crippen LogP contribution is 2.46. The minimum absolute atomic E-state index is 0.0645. The number of halogens is 1. The lowest BCUT2D eigenvalue weighted by Gasteiger charge is -2.24. The minimum atomic E-state index is -4.87. The zero-order chi connectivity index (χ0) is 42.7. The Kier molecular flexibility index (Phi) is 20.2. The first-order valence-electron chi connectivity index (χ1n) is 20.9. The molecule has 3 aromatic rings. The van der Waals surface area contributed by atoms with Crippen molar-refractivity contribution in [1.29, 1.82) is 5.26 Å². The number of aliphatic hydroxyl groups is 2. The van der Waals surface area contributed by atoms with Crippen molar-refractivity contribution in [2.45, 2.75) is 146 Å². The smallest absolute Gasteiger partial charge is 0.472 e. The number of rotatable bonds is 30. The summed E-state index contributed by atoms with van der Waals surface area (Å²) in [5, 5.41) is 45.4. The second-order valence-corrected chi connectivity index (χ2v) is 16.7. The van der Waals surface area contributed by atoms with E-state index in [1.807, 2.05) is 6.07 Å². The molecule has 6 atom stereocenters. The number of hydrogen-bond donors (Lipinski definition) is 5. The van der Waals surface area contributed by atoms with Crippen LogP contribution in [0.25, 0.3) is 5.52 Å². The third-order valence-electron chi connectivity index (χ3n) is 10.6. The van der Waals surface area contributed by atoms with Gasteiger partial charge < -0.3 is 40.2 Å². The maximum absolute atomic E-state index is 14.1. The number of carbonyl (C=O) groups is 1. The van der Waals surface area contributed by atoms with Crippen molar-refractivity contribution in [1.82, 2.24) is 9.61 Å². The first-order valence-corrected chi connectivity index (χ1v) is 22.4. The number of carboxylic acids is 1. The summed E-state index contributed by atoms with van der Waals surface area (Å²) in [5.74, 6) is -2.08. The molecule has 0 bridgehead atoms. The molecular formula is C42H62FN4O11P. The normalized spacial score (nSPS) is 20.8. The van der Waals surface area contributed by atoms with Crippen molar-refractivity contribution >= 4 is 25.0 Å². The number of nitrogens with two attached hydrogens (primary N) is 1. The molecule has 1 unspecified atom stereocenters. The average Bonchev–Trinajstić information content (AvgIpc) is 3.76. The maximum Gasteiger partial charge on any atom is 0.472 e. The zero-order valence-electron chi connectivity index (χ0n) is 34.1. The van der Waals surface area contributed by atoms with E-state index in [4.69, 9.17) is 29.0 Å². The van der Waals surface area contributed by atoms with E-state index < -0.39 is 62.8 Å². The molecule has 3 heterocycles. The number of nitrogen functional groups attached to an aromatic ring is 1. The highest BCUT2D eigenvalue weighted by Gasteiger charge is 2.58. The van der Waals surface area contributed by atoms with Crippen molar-refractivity contribution < 1.29 is 57.2 Å². The second-order valence-electron chi connectivity index (χ2n) is 15.3. The molecule has 1 saturated heterocycles. The van der Waals surface area contributed by atoms with Crippen LogP contribution in [-0.4, -0.2) is 86.6 Å². The number of carboxylic acid groups (broad SMARTS) is 1. The van der Waals surface area contributed by atoms with Crippen LogP contribution in [0.4, 0.5) is 10.1 Å². The molecule has 15 nitrogen and oxygen atoms in total. The van der Waals surface area contributed by atoms with Crippen LogP contribution in [0.2, 0.25) is 0 Å². The van der Waals surface area contributed by atoms with E-state index >= 15 is 0 Å². The van der Waals surface area contributed by atoms with E-state index in [9.17, 15) is 39.2 Å². The molecule has 0 amide bonds.